The van der Waals surface area contributed by atoms with Crippen LogP contribution in [0.25, 0.3) is 0 Å². The summed E-state index contributed by atoms with van der Waals surface area (Å²) in [5.74, 6) is 0.685. The van der Waals surface area contributed by atoms with Gasteiger partial charge in [0.15, 0.2) is 0 Å². The quantitative estimate of drug-likeness (QED) is 0.762. The first-order valence-electron chi connectivity index (χ1n) is 11.0. The van der Waals surface area contributed by atoms with Gasteiger partial charge in [0.1, 0.15) is 6.07 Å². The first-order valence-corrected chi connectivity index (χ1v) is 11.9. The van der Waals surface area contributed by atoms with E-state index in [-0.39, 0.29) is 5.91 Å². The topological polar surface area (TPSA) is 93.9 Å². The van der Waals surface area contributed by atoms with E-state index in [4.69, 9.17) is 4.98 Å². The van der Waals surface area contributed by atoms with Crippen LogP contribution in [0.5, 0.6) is 0 Å². The number of aromatic nitrogens is 2. The standard InChI is InChI=1S/C23H30N6OS/c1-15-13-25-9-5-11-29(15)22-26-10-7-17(28-22)14-27-21(30)23(3)8-4-6-19-20(23)18(12-24)16(2)31-19/h7,10,15,25H,4-6,8-9,11,13-14H2,1-3H3,(H,27,30)/t15-,23-/m0/s1. The Hall–Kier alpha value is -2.50. The highest BCUT2D eigenvalue weighted by Gasteiger charge is 2.42. The molecule has 0 radical (unpaired) electrons. The molecule has 1 aliphatic heterocycles. The number of amides is 1. The molecule has 1 fully saturated rings. The average molecular weight is 439 g/mol. The Morgan fingerprint density at radius 1 is 1.48 bits per heavy atom. The van der Waals surface area contributed by atoms with E-state index in [9.17, 15) is 10.1 Å². The molecule has 4 rings (SSSR count). The van der Waals surface area contributed by atoms with Crippen LogP contribution < -0.4 is 15.5 Å². The number of nitrogens with zero attached hydrogens (tertiary/aromatic N) is 4. The van der Waals surface area contributed by atoms with Crippen LogP contribution in [0, 0.1) is 18.3 Å². The normalized spacial score (nSPS) is 23.5. The van der Waals surface area contributed by atoms with Crippen molar-refractivity contribution >= 4 is 23.2 Å². The van der Waals surface area contributed by atoms with Crippen molar-refractivity contribution < 1.29 is 4.79 Å². The lowest BCUT2D eigenvalue weighted by atomic mass is 9.71. The van der Waals surface area contributed by atoms with Crippen molar-refractivity contribution in [2.24, 2.45) is 0 Å². The molecule has 2 N–H and O–H groups in total. The van der Waals surface area contributed by atoms with Gasteiger partial charge in [-0.2, -0.15) is 5.26 Å². The summed E-state index contributed by atoms with van der Waals surface area (Å²) in [6, 6.07) is 4.51. The first-order chi connectivity index (χ1) is 14.9. The SMILES string of the molecule is Cc1sc2c(c1C#N)[C@@](C)(C(=O)NCc1ccnc(N3CCCNC[C@@H]3C)n1)CCC2. The predicted octanol–water partition coefficient (Wildman–Crippen LogP) is 2.82. The van der Waals surface area contributed by atoms with E-state index in [1.165, 1.54) is 4.88 Å². The molecule has 0 bridgehead atoms. The van der Waals surface area contributed by atoms with Gasteiger partial charge < -0.3 is 15.5 Å². The second-order valence-electron chi connectivity index (χ2n) is 8.76. The van der Waals surface area contributed by atoms with Crippen LogP contribution in [0.15, 0.2) is 12.3 Å². The number of anilines is 1. The molecule has 3 heterocycles. The molecule has 0 saturated carbocycles. The molecule has 8 heteroatoms. The highest BCUT2D eigenvalue weighted by Crippen LogP contribution is 2.44. The summed E-state index contributed by atoms with van der Waals surface area (Å²) in [7, 11) is 0. The Morgan fingerprint density at radius 3 is 3.13 bits per heavy atom. The number of aryl methyl sites for hydroxylation is 2. The van der Waals surface area contributed by atoms with Gasteiger partial charge in [0.05, 0.1) is 23.2 Å². The largest absolute Gasteiger partial charge is 0.350 e. The molecule has 0 aromatic carbocycles. The number of carbonyl (C=O) groups is 1. The Balaban J connectivity index is 1.51. The molecule has 0 unspecified atom stereocenters. The maximum absolute atomic E-state index is 13.3. The van der Waals surface area contributed by atoms with E-state index in [0.29, 0.717) is 24.1 Å². The molecule has 31 heavy (non-hydrogen) atoms. The van der Waals surface area contributed by atoms with Crippen molar-refractivity contribution in [3.63, 3.8) is 0 Å². The predicted molar refractivity (Wildman–Crippen MR) is 122 cm³/mol. The highest BCUT2D eigenvalue weighted by atomic mass is 32.1. The van der Waals surface area contributed by atoms with E-state index < -0.39 is 5.41 Å². The summed E-state index contributed by atoms with van der Waals surface area (Å²) in [5.41, 5.74) is 1.75. The van der Waals surface area contributed by atoms with E-state index >= 15 is 0 Å². The van der Waals surface area contributed by atoms with Gasteiger partial charge in [-0.3, -0.25) is 4.79 Å². The van der Waals surface area contributed by atoms with Gasteiger partial charge in [-0.1, -0.05) is 0 Å². The number of nitrogens with one attached hydrogen (secondary N) is 2. The summed E-state index contributed by atoms with van der Waals surface area (Å²) >= 11 is 1.66. The van der Waals surface area contributed by atoms with Crippen LogP contribution in [0.4, 0.5) is 5.95 Å². The molecule has 2 aromatic rings. The Bertz CT molecular complexity index is 1010. The number of nitriles is 1. The van der Waals surface area contributed by atoms with Gasteiger partial charge in [0.2, 0.25) is 11.9 Å². The second kappa shape index (κ2) is 8.93. The van der Waals surface area contributed by atoms with Gasteiger partial charge in [-0.15, -0.1) is 11.3 Å². The number of rotatable bonds is 4. The summed E-state index contributed by atoms with van der Waals surface area (Å²) in [4.78, 5) is 27.0. The van der Waals surface area contributed by atoms with Crippen molar-refractivity contribution in [1.29, 1.82) is 5.26 Å². The number of thiophene rings is 1. The Labute approximate surface area is 187 Å². The lowest BCUT2D eigenvalue weighted by Crippen LogP contribution is -2.44. The summed E-state index contributed by atoms with van der Waals surface area (Å²) in [5, 5.41) is 16.2. The zero-order chi connectivity index (χ0) is 22.0. The molecule has 7 nitrogen and oxygen atoms in total. The third-order valence-electron chi connectivity index (χ3n) is 6.51. The van der Waals surface area contributed by atoms with Crippen molar-refractivity contribution in [2.75, 3.05) is 24.5 Å². The van der Waals surface area contributed by atoms with Crippen LogP contribution >= 0.6 is 11.3 Å². The summed E-state index contributed by atoms with van der Waals surface area (Å²) < 4.78 is 0. The van der Waals surface area contributed by atoms with Crippen LogP contribution in [0.2, 0.25) is 0 Å². The molecular weight excluding hydrogens is 408 g/mol. The highest BCUT2D eigenvalue weighted by molar-refractivity contribution is 7.12. The first kappa shape index (κ1) is 21.7. The maximum Gasteiger partial charge on any atom is 0.230 e. The average Bonchev–Trinajstić information content (AvgIpc) is 2.95. The lowest BCUT2D eigenvalue weighted by Gasteiger charge is -2.33. The fourth-order valence-corrected chi connectivity index (χ4v) is 6.05. The van der Waals surface area contributed by atoms with E-state index in [1.807, 2.05) is 19.9 Å². The fraction of sp³-hybridized carbons (Fsp3) is 0.565. The van der Waals surface area contributed by atoms with Crippen molar-refractivity contribution in [3.05, 3.63) is 38.8 Å². The molecule has 164 valence electrons. The van der Waals surface area contributed by atoms with Crippen LogP contribution in [-0.4, -0.2) is 41.6 Å². The molecule has 1 saturated heterocycles. The molecule has 1 aliphatic carbocycles. The minimum absolute atomic E-state index is 0.0322. The molecule has 2 aromatic heterocycles. The van der Waals surface area contributed by atoms with Crippen LogP contribution in [0.1, 0.15) is 59.7 Å². The monoisotopic (exact) mass is 438 g/mol. The number of carbonyl (C=O) groups excluding carboxylic acids is 1. The minimum Gasteiger partial charge on any atom is -0.350 e. The third-order valence-corrected chi connectivity index (χ3v) is 7.68. The zero-order valence-corrected chi connectivity index (χ0v) is 19.3. The van der Waals surface area contributed by atoms with E-state index in [1.54, 1.807) is 17.5 Å². The van der Waals surface area contributed by atoms with Crippen LogP contribution in [0.3, 0.4) is 0 Å². The molecular formula is C23H30N6OS. The lowest BCUT2D eigenvalue weighted by molar-refractivity contribution is -0.126. The smallest absolute Gasteiger partial charge is 0.230 e. The second-order valence-corrected chi connectivity index (χ2v) is 10.1. The van der Waals surface area contributed by atoms with Crippen molar-refractivity contribution in [1.82, 2.24) is 20.6 Å². The van der Waals surface area contributed by atoms with Crippen molar-refractivity contribution in [3.8, 4) is 6.07 Å². The number of hydrogen-bond donors (Lipinski definition) is 2. The molecule has 2 aliphatic rings. The Kier molecular flexibility index (Phi) is 6.26. The van der Waals surface area contributed by atoms with E-state index in [0.717, 1.165) is 61.5 Å². The number of hydrogen-bond acceptors (Lipinski definition) is 7. The summed E-state index contributed by atoms with van der Waals surface area (Å²) in [6.07, 6.45) is 5.48. The fourth-order valence-electron chi connectivity index (χ4n) is 4.75. The van der Waals surface area contributed by atoms with Gasteiger partial charge in [-0.05, 0) is 64.6 Å². The zero-order valence-electron chi connectivity index (χ0n) is 18.5. The van der Waals surface area contributed by atoms with Crippen molar-refractivity contribution in [2.45, 2.75) is 64.5 Å². The number of fused-ring (bicyclic) bond motifs is 1. The maximum atomic E-state index is 13.3. The van der Waals surface area contributed by atoms with Gasteiger partial charge >= 0.3 is 0 Å². The van der Waals surface area contributed by atoms with Crippen LogP contribution in [-0.2, 0) is 23.2 Å². The third kappa shape index (κ3) is 4.17. The van der Waals surface area contributed by atoms with E-state index in [2.05, 4.69) is 33.5 Å². The van der Waals surface area contributed by atoms with Gasteiger partial charge in [-0.25, -0.2) is 9.97 Å². The molecule has 1 amide bonds. The minimum atomic E-state index is -0.676. The van der Waals surface area contributed by atoms with Gasteiger partial charge in [0.25, 0.3) is 0 Å². The Morgan fingerprint density at radius 2 is 2.32 bits per heavy atom. The molecule has 2 atom stereocenters. The van der Waals surface area contributed by atoms with Gasteiger partial charge in [0, 0.05) is 35.1 Å². The summed E-state index contributed by atoms with van der Waals surface area (Å²) in [6.45, 7) is 9.31. The molecule has 0 spiro atoms.